The standard InChI is InChI=1S/C29H27N3O2S/c1-19-15-26-28(31-27(32-29(26)35-19)24-12-14-33-16-24)30-13-2-3-20-4-6-21(7-5-20)22-8-10-23(11-9-22)25-17-34-18-25/h4-12,14-16,25H,2-3,13,17-18H2,1H3,(H,30,31,32). The average Bonchev–Trinajstić information content (AvgIpc) is 3.51. The number of rotatable bonds is 8. The molecule has 176 valence electrons. The minimum atomic E-state index is 0.569. The first-order valence-electron chi connectivity index (χ1n) is 12.0. The first kappa shape index (κ1) is 22.0. The fourth-order valence-corrected chi connectivity index (χ4v) is 5.32. The lowest BCUT2D eigenvalue weighted by atomic mass is 9.95. The molecule has 0 amide bonds. The van der Waals surface area contributed by atoms with Crippen molar-refractivity contribution in [2.24, 2.45) is 0 Å². The normalized spacial score (nSPS) is 13.7. The third-order valence-corrected chi connectivity index (χ3v) is 7.48. The number of hydrogen-bond donors (Lipinski definition) is 1. The van der Waals surface area contributed by atoms with Crippen molar-refractivity contribution in [3.8, 4) is 22.5 Å². The molecule has 0 spiro atoms. The van der Waals surface area contributed by atoms with Crippen LogP contribution in [0.5, 0.6) is 0 Å². The second-order valence-corrected chi connectivity index (χ2v) is 10.3. The van der Waals surface area contributed by atoms with Crippen LogP contribution in [0.3, 0.4) is 0 Å². The highest BCUT2D eigenvalue weighted by molar-refractivity contribution is 7.18. The molecule has 0 unspecified atom stereocenters. The monoisotopic (exact) mass is 481 g/mol. The molecule has 1 fully saturated rings. The first-order chi connectivity index (χ1) is 17.2. The second kappa shape index (κ2) is 9.64. The zero-order chi connectivity index (χ0) is 23.6. The summed E-state index contributed by atoms with van der Waals surface area (Å²) in [4.78, 5) is 11.8. The van der Waals surface area contributed by atoms with E-state index in [1.165, 1.54) is 27.1 Å². The fraction of sp³-hybridized carbons (Fsp3) is 0.241. The van der Waals surface area contributed by atoms with Crippen molar-refractivity contribution < 1.29 is 9.15 Å². The van der Waals surface area contributed by atoms with Crippen molar-refractivity contribution in [1.29, 1.82) is 0 Å². The van der Waals surface area contributed by atoms with Crippen molar-refractivity contribution in [1.82, 2.24) is 9.97 Å². The fourth-order valence-electron chi connectivity index (χ4n) is 4.44. The number of aromatic nitrogens is 2. The summed E-state index contributed by atoms with van der Waals surface area (Å²) in [6.07, 6.45) is 5.38. The van der Waals surface area contributed by atoms with E-state index in [0.717, 1.165) is 54.2 Å². The Bertz CT molecular complexity index is 1420. The van der Waals surface area contributed by atoms with Gasteiger partial charge in [0, 0.05) is 17.3 Å². The quantitative estimate of drug-likeness (QED) is 0.240. The topological polar surface area (TPSA) is 60.2 Å². The number of thiophene rings is 1. The van der Waals surface area contributed by atoms with Crippen LogP contribution < -0.4 is 5.32 Å². The Hall–Kier alpha value is -3.48. The zero-order valence-electron chi connectivity index (χ0n) is 19.7. The van der Waals surface area contributed by atoms with Crippen LogP contribution >= 0.6 is 11.3 Å². The number of fused-ring (bicyclic) bond motifs is 1. The lowest BCUT2D eigenvalue weighted by Gasteiger charge is -2.26. The van der Waals surface area contributed by atoms with Crippen LogP contribution in [0.1, 0.15) is 28.3 Å². The maximum atomic E-state index is 5.31. The smallest absolute Gasteiger partial charge is 0.166 e. The van der Waals surface area contributed by atoms with Crippen molar-refractivity contribution in [3.05, 3.63) is 89.2 Å². The highest BCUT2D eigenvalue weighted by Crippen LogP contribution is 2.31. The van der Waals surface area contributed by atoms with E-state index in [1.54, 1.807) is 23.9 Å². The summed E-state index contributed by atoms with van der Waals surface area (Å²) < 4.78 is 10.5. The molecular formula is C29H27N3O2S. The van der Waals surface area contributed by atoms with Crippen LogP contribution in [0.15, 0.2) is 77.6 Å². The van der Waals surface area contributed by atoms with E-state index < -0.39 is 0 Å². The third kappa shape index (κ3) is 4.72. The molecule has 0 atom stereocenters. The minimum Gasteiger partial charge on any atom is -0.472 e. The number of benzene rings is 2. The molecule has 5 nitrogen and oxygen atoms in total. The Balaban J connectivity index is 1.08. The molecule has 1 saturated heterocycles. The summed E-state index contributed by atoms with van der Waals surface area (Å²) in [7, 11) is 0. The number of aryl methyl sites for hydroxylation is 2. The van der Waals surface area contributed by atoms with Crippen molar-refractivity contribution in [2.45, 2.75) is 25.7 Å². The van der Waals surface area contributed by atoms with Gasteiger partial charge in [0.2, 0.25) is 0 Å². The van der Waals surface area contributed by atoms with E-state index in [4.69, 9.17) is 19.1 Å². The van der Waals surface area contributed by atoms with Crippen LogP contribution in [-0.2, 0) is 11.2 Å². The van der Waals surface area contributed by atoms with Crippen LogP contribution in [0.4, 0.5) is 5.82 Å². The number of anilines is 1. The number of hydrogen-bond acceptors (Lipinski definition) is 6. The van der Waals surface area contributed by atoms with Gasteiger partial charge in [0.1, 0.15) is 16.9 Å². The van der Waals surface area contributed by atoms with E-state index in [0.29, 0.717) is 11.7 Å². The van der Waals surface area contributed by atoms with Gasteiger partial charge in [-0.15, -0.1) is 11.3 Å². The molecule has 6 heteroatoms. The molecule has 1 aliphatic rings. The van der Waals surface area contributed by atoms with Crippen LogP contribution in [0, 0.1) is 6.92 Å². The van der Waals surface area contributed by atoms with Gasteiger partial charge in [-0.05, 0) is 54.2 Å². The Kier molecular flexibility index (Phi) is 6.06. The molecule has 0 radical (unpaired) electrons. The molecule has 5 aromatic rings. The lowest BCUT2D eigenvalue weighted by Crippen LogP contribution is -2.24. The molecule has 2 aromatic carbocycles. The van der Waals surface area contributed by atoms with E-state index >= 15 is 0 Å². The molecule has 1 aliphatic heterocycles. The van der Waals surface area contributed by atoms with Gasteiger partial charge in [-0.1, -0.05) is 48.5 Å². The number of nitrogens with zero attached hydrogens (tertiary/aromatic N) is 2. The number of furan rings is 1. The molecule has 0 bridgehead atoms. The van der Waals surface area contributed by atoms with Gasteiger partial charge in [-0.2, -0.15) is 0 Å². The second-order valence-electron chi connectivity index (χ2n) is 9.07. The summed E-state index contributed by atoms with van der Waals surface area (Å²) in [6.45, 7) is 4.65. The van der Waals surface area contributed by atoms with Crippen LogP contribution in [0.25, 0.3) is 32.7 Å². The van der Waals surface area contributed by atoms with Crippen molar-refractivity contribution in [3.63, 3.8) is 0 Å². The summed E-state index contributed by atoms with van der Waals surface area (Å²) in [6, 6.07) is 21.9. The highest BCUT2D eigenvalue weighted by Gasteiger charge is 2.20. The minimum absolute atomic E-state index is 0.569. The maximum absolute atomic E-state index is 5.31. The number of ether oxygens (including phenoxy) is 1. The van der Waals surface area contributed by atoms with Crippen molar-refractivity contribution in [2.75, 3.05) is 25.1 Å². The molecule has 6 rings (SSSR count). The predicted octanol–water partition coefficient (Wildman–Crippen LogP) is 7.09. The van der Waals surface area contributed by atoms with Gasteiger partial charge < -0.3 is 14.5 Å². The van der Waals surface area contributed by atoms with Crippen LogP contribution in [-0.4, -0.2) is 29.7 Å². The Morgan fingerprint density at radius 1 is 0.943 bits per heavy atom. The van der Waals surface area contributed by atoms with Gasteiger partial charge in [-0.25, -0.2) is 9.97 Å². The zero-order valence-corrected chi connectivity index (χ0v) is 20.5. The largest absolute Gasteiger partial charge is 0.472 e. The Morgan fingerprint density at radius 2 is 1.71 bits per heavy atom. The molecule has 1 N–H and O–H groups in total. The van der Waals surface area contributed by atoms with Gasteiger partial charge in [0.25, 0.3) is 0 Å². The molecule has 4 heterocycles. The summed E-state index contributed by atoms with van der Waals surface area (Å²) >= 11 is 1.69. The highest BCUT2D eigenvalue weighted by atomic mass is 32.1. The maximum Gasteiger partial charge on any atom is 0.166 e. The average molecular weight is 482 g/mol. The van der Waals surface area contributed by atoms with Gasteiger partial charge >= 0.3 is 0 Å². The third-order valence-electron chi connectivity index (χ3n) is 6.54. The van der Waals surface area contributed by atoms with Gasteiger partial charge in [0.15, 0.2) is 5.82 Å². The van der Waals surface area contributed by atoms with E-state index in [9.17, 15) is 0 Å². The van der Waals surface area contributed by atoms with Gasteiger partial charge in [0.05, 0.1) is 30.4 Å². The summed E-state index contributed by atoms with van der Waals surface area (Å²) in [5.41, 5.74) is 6.13. The van der Waals surface area contributed by atoms with Gasteiger partial charge in [-0.3, -0.25) is 0 Å². The molecule has 0 aliphatic carbocycles. The predicted molar refractivity (Wildman–Crippen MR) is 142 cm³/mol. The van der Waals surface area contributed by atoms with E-state index in [2.05, 4.69) is 66.8 Å². The summed E-state index contributed by atoms with van der Waals surface area (Å²) in [5, 5.41) is 4.63. The summed E-state index contributed by atoms with van der Waals surface area (Å²) in [5.74, 6) is 2.16. The Morgan fingerprint density at radius 3 is 2.40 bits per heavy atom. The SMILES string of the molecule is Cc1cc2c(NCCCc3ccc(-c4ccc(C5COC5)cc4)cc3)nc(-c3ccoc3)nc2s1. The molecule has 0 saturated carbocycles. The molecule has 35 heavy (non-hydrogen) atoms. The molecule has 3 aromatic heterocycles. The lowest BCUT2D eigenvalue weighted by molar-refractivity contribution is 0.00843. The van der Waals surface area contributed by atoms with E-state index in [1.807, 2.05) is 6.07 Å². The molecular weight excluding hydrogens is 454 g/mol. The Labute approximate surface area is 208 Å². The first-order valence-corrected chi connectivity index (χ1v) is 12.9. The van der Waals surface area contributed by atoms with Crippen LogP contribution in [0.2, 0.25) is 0 Å². The van der Waals surface area contributed by atoms with E-state index in [-0.39, 0.29) is 0 Å². The number of nitrogens with one attached hydrogen (secondary N) is 1. The van der Waals surface area contributed by atoms with Crippen molar-refractivity contribution >= 4 is 27.4 Å².